The third kappa shape index (κ3) is 3.67. The van der Waals surface area contributed by atoms with E-state index in [0.717, 1.165) is 47.3 Å². The van der Waals surface area contributed by atoms with Crippen LogP contribution in [-0.4, -0.2) is 44.4 Å². The van der Waals surface area contributed by atoms with E-state index in [1.54, 1.807) is 12.4 Å². The van der Waals surface area contributed by atoms with Crippen molar-refractivity contribution >= 4 is 5.91 Å². The number of amides is 1. The topological polar surface area (TPSA) is 68.2 Å². The highest BCUT2D eigenvalue weighted by atomic mass is 16.5. The molecule has 3 unspecified atom stereocenters. The summed E-state index contributed by atoms with van der Waals surface area (Å²) in [7, 11) is 0. The minimum absolute atomic E-state index is 0.0385. The molecular formula is C25H26N4O2. The van der Waals surface area contributed by atoms with Crippen LogP contribution >= 0.6 is 0 Å². The summed E-state index contributed by atoms with van der Waals surface area (Å²) in [4.78, 5) is 29.1. The van der Waals surface area contributed by atoms with E-state index in [2.05, 4.69) is 15.0 Å². The summed E-state index contributed by atoms with van der Waals surface area (Å²) in [5, 5.41) is 0. The smallest absolute Gasteiger partial charge is 0.273 e. The second-order valence-electron chi connectivity index (χ2n) is 8.77. The Morgan fingerprint density at radius 3 is 2.61 bits per heavy atom. The molecule has 2 aliphatic rings. The van der Waals surface area contributed by atoms with Crippen molar-refractivity contribution in [1.82, 2.24) is 19.9 Å². The maximum Gasteiger partial charge on any atom is 0.273 e. The normalized spacial score (nSPS) is 22.0. The van der Waals surface area contributed by atoms with Crippen molar-refractivity contribution in [3.63, 3.8) is 0 Å². The first-order chi connectivity index (χ1) is 15.0. The number of likely N-dealkylation sites (tertiary alicyclic amines) is 1. The Morgan fingerprint density at radius 1 is 1.03 bits per heavy atom. The first-order valence-electron chi connectivity index (χ1n) is 10.8. The van der Waals surface area contributed by atoms with Crippen LogP contribution in [0.5, 0.6) is 5.88 Å². The summed E-state index contributed by atoms with van der Waals surface area (Å²) in [6.45, 7) is 6.75. The fourth-order valence-corrected chi connectivity index (χ4v) is 4.83. The van der Waals surface area contributed by atoms with E-state index < -0.39 is 0 Å². The molecule has 6 nitrogen and oxygen atoms in total. The standard InChI is InChI=1S/C25H26N4O2/c1-15-6-7-22(27-12-15)31-21-11-18-10-20(21)29(14-18)25(30)24-19(9-16(2)13-28-24)23-17(3)5-4-8-26-23/h4-9,12-13,18,20-21H,10-11,14H2,1-3H3. The lowest BCUT2D eigenvalue weighted by atomic mass is 10.0. The van der Waals surface area contributed by atoms with Crippen LogP contribution < -0.4 is 4.74 Å². The molecule has 31 heavy (non-hydrogen) atoms. The fraction of sp³-hybridized carbons (Fsp3) is 0.360. The van der Waals surface area contributed by atoms with Crippen LogP contribution in [0.4, 0.5) is 0 Å². The molecule has 0 N–H and O–H groups in total. The molecule has 3 aromatic rings. The van der Waals surface area contributed by atoms with Gasteiger partial charge < -0.3 is 9.64 Å². The summed E-state index contributed by atoms with van der Waals surface area (Å²) >= 11 is 0. The number of carbonyl (C=O) groups excluding carboxylic acids is 1. The van der Waals surface area contributed by atoms with Crippen molar-refractivity contribution in [1.29, 1.82) is 0 Å². The van der Waals surface area contributed by atoms with Crippen LogP contribution in [0, 0.1) is 26.7 Å². The number of rotatable bonds is 4. The first kappa shape index (κ1) is 19.7. The molecule has 4 heterocycles. The Kier molecular flexibility index (Phi) is 4.93. The molecule has 1 amide bonds. The van der Waals surface area contributed by atoms with Crippen molar-refractivity contribution in [2.75, 3.05) is 6.54 Å². The molecular weight excluding hydrogens is 388 g/mol. The summed E-state index contributed by atoms with van der Waals surface area (Å²) in [6, 6.07) is 9.86. The molecule has 1 saturated carbocycles. The highest BCUT2D eigenvalue weighted by molar-refractivity contribution is 5.99. The largest absolute Gasteiger partial charge is 0.472 e. The number of hydrogen-bond donors (Lipinski definition) is 0. The minimum Gasteiger partial charge on any atom is -0.472 e. The van der Waals surface area contributed by atoms with Gasteiger partial charge in [-0.25, -0.2) is 4.98 Å². The Bertz CT molecular complexity index is 1130. The quantitative estimate of drug-likeness (QED) is 0.642. The van der Waals surface area contributed by atoms with Crippen molar-refractivity contribution in [2.24, 2.45) is 5.92 Å². The number of carbonyl (C=O) groups is 1. The van der Waals surface area contributed by atoms with Gasteiger partial charge in [0.25, 0.3) is 5.91 Å². The second kappa shape index (κ2) is 7.76. The Morgan fingerprint density at radius 2 is 1.87 bits per heavy atom. The summed E-state index contributed by atoms with van der Waals surface area (Å²) in [5.41, 5.74) is 5.20. The molecule has 1 aliphatic heterocycles. The molecule has 158 valence electrons. The molecule has 2 fully saturated rings. The molecule has 0 radical (unpaired) electrons. The molecule has 3 aromatic heterocycles. The van der Waals surface area contributed by atoms with Crippen LogP contribution in [0.25, 0.3) is 11.3 Å². The number of aryl methyl sites for hydroxylation is 3. The zero-order valence-electron chi connectivity index (χ0n) is 18.1. The van der Waals surface area contributed by atoms with Gasteiger partial charge in [-0.3, -0.25) is 14.8 Å². The van der Waals surface area contributed by atoms with Gasteiger partial charge in [0.05, 0.1) is 11.7 Å². The SMILES string of the molecule is Cc1ccc(OC2CC3CC2N(C(=O)c2ncc(C)cc2-c2ncccc2C)C3)nc1. The van der Waals surface area contributed by atoms with Crippen LogP contribution in [0.1, 0.15) is 40.0 Å². The Balaban J connectivity index is 1.43. The highest BCUT2D eigenvalue weighted by Gasteiger charge is 2.49. The van der Waals surface area contributed by atoms with E-state index in [1.165, 1.54) is 0 Å². The highest BCUT2D eigenvalue weighted by Crippen LogP contribution is 2.41. The number of aromatic nitrogens is 3. The predicted octanol–water partition coefficient (Wildman–Crippen LogP) is 4.15. The van der Waals surface area contributed by atoms with Gasteiger partial charge in [0.15, 0.2) is 0 Å². The third-order valence-corrected chi connectivity index (χ3v) is 6.33. The fourth-order valence-electron chi connectivity index (χ4n) is 4.83. The number of hydrogen-bond acceptors (Lipinski definition) is 5. The lowest BCUT2D eigenvalue weighted by Gasteiger charge is -2.33. The van der Waals surface area contributed by atoms with E-state index in [1.807, 2.05) is 62.2 Å². The number of pyridine rings is 3. The molecule has 3 atom stereocenters. The average molecular weight is 415 g/mol. The van der Waals surface area contributed by atoms with E-state index in [4.69, 9.17) is 4.74 Å². The van der Waals surface area contributed by atoms with Gasteiger partial charge in [-0.15, -0.1) is 0 Å². The zero-order chi connectivity index (χ0) is 21.5. The van der Waals surface area contributed by atoms with Gasteiger partial charge >= 0.3 is 0 Å². The van der Waals surface area contributed by atoms with Gasteiger partial charge in [0, 0.05) is 36.8 Å². The number of ether oxygens (including phenoxy) is 1. The molecule has 0 spiro atoms. The lowest BCUT2D eigenvalue weighted by molar-refractivity contribution is 0.0462. The second-order valence-corrected chi connectivity index (χ2v) is 8.77. The third-order valence-electron chi connectivity index (χ3n) is 6.33. The molecule has 2 bridgehead atoms. The van der Waals surface area contributed by atoms with Crippen molar-refractivity contribution < 1.29 is 9.53 Å². The summed E-state index contributed by atoms with van der Waals surface area (Å²) in [5.74, 6) is 1.03. The van der Waals surface area contributed by atoms with Crippen LogP contribution in [0.3, 0.4) is 0 Å². The van der Waals surface area contributed by atoms with Gasteiger partial charge in [-0.2, -0.15) is 0 Å². The van der Waals surface area contributed by atoms with E-state index >= 15 is 0 Å². The zero-order valence-corrected chi connectivity index (χ0v) is 18.1. The van der Waals surface area contributed by atoms with E-state index in [0.29, 0.717) is 17.5 Å². The Hall–Kier alpha value is -3.28. The molecule has 1 aliphatic carbocycles. The van der Waals surface area contributed by atoms with Gasteiger partial charge in [-0.05, 0) is 68.4 Å². The summed E-state index contributed by atoms with van der Waals surface area (Å²) < 4.78 is 6.20. The van der Waals surface area contributed by atoms with E-state index in [9.17, 15) is 4.79 Å². The van der Waals surface area contributed by atoms with Crippen LogP contribution in [0.2, 0.25) is 0 Å². The summed E-state index contributed by atoms with van der Waals surface area (Å²) in [6.07, 6.45) is 7.21. The van der Waals surface area contributed by atoms with Crippen LogP contribution in [-0.2, 0) is 0 Å². The van der Waals surface area contributed by atoms with Gasteiger partial charge in [0.2, 0.25) is 5.88 Å². The molecule has 6 heteroatoms. The average Bonchev–Trinajstić information content (AvgIpc) is 3.36. The Labute approximate surface area is 182 Å². The first-order valence-corrected chi connectivity index (χ1v) is 10.8. The van der Waals surface area contributed by atoms with Crippen molar-refractivity contribution in [2.45, 2.75) is 45.8 Å². The number of nitrogens with zero attached hydrogens (tertiary/aromatic N) is 4. The monoisotopic (exact) mass is 414 g/mol. The molecule has 5 rings (SSSR count). The molecule has 1 saturated heterocycles. The lowest BCUT2D eigenvalue weighted by Crippen LogP contribution is -2.47. The maximum absolute atomic E-state index is 13.7. The van der Waals surface area contributed by atoms with Crippen LogP contribution in [0.15, 0.2) is 48.9 Å². The number of piperidine rings is 1. The van der Waals surface area contributed by atoms with Gasteiger partial charge in [-0.1, -0.05) is 12.1 Å². The van der Waals surface area contributed by atoms with E-state index in [-0.39, 0.29) is 18.1 Å². The number of fused-ring (bicyclic) bond motifs is 2. The van der Waals surface area contributed by atoms with Gasteiger partial charge in [0.1, 0.15) is 11.8 Å². The maximum atomic E-state index is 13.7. The minimum atomic E-state index is -0.0438. The molecule has 0 aromatic carbocycles. The van der Waals surface area contributed by atoms with Crippen molar-refractivity contribution in [3.05, 3.63) is 71.3 Å². The predicted molar refractivity (Wildman–Crippen MR) is 118 cm³/mol. The van der Waals surface area contributed by atoms with Crippen molar-refractivity contribution in [3.8, 4) is 17.1 Å².